The molecule has 0 spiro atoms. The Hall–Kier alpha value is -1.59. The van der Waals surface area contributed by atoms with Gasteiger partial charge in [-0.05, 0) is 59.3 Å². The van der Waals surface area contributed by atoms with Gasteiger partial charge in [0.2, 0.25) is 17.7 Å². The molecule has 0 aliphatic heterocycles. The lowest BCUT2D eigenvalue weighted by Gasteiger charge is -2.35. The van der Waals surface area contributed by atoms with Gasteiger partial charge in [-0.15, -0.1) is 0 Å². The molecule has 0 rings (SSSR count). The molecule has 0 fully saturated rings. The van der Waals surface area contributed by atoms with E-state index in [1.54, 1.807) is 0 Å². The number of hydrogen-bond acceptors (Lipinski definition) is 3. The highest BCUT2D eigenvalue weighted by Gasteiger charge is 2.38. The van der Waals surface area contributed by atoms with E-state index in [0.29, 0.717) is 6.42 Å². The second kappa shape index (κ2) is 11.2. The molecule has 0 aromatic rings. The Labute approximate surface area is 159 Å². The van der Waals surface area contributed by atoms with Crippen LogP contribution in [-0.4, -0.2) is 35.8 Å². The van der Waals surface area contributed by atoms with Gasteiger partial charge in [-0.3, -0.25) is 14.4 Å². The van der Waals surface area contributed by atoms with Crippen molar-refractivity contribution < 1.29 is 14.4 Å². The number of nitrogens with one attached hydrogen (secondary N) is 3. The molecule has 0 saturated heterocycles. The minimum Gasteiger partial charge on any atom is -0.354 e. The van der Waals surface area contributed by atoms with Gasteiger partial charge in [0.15, 0.2) is 0 Å². The van der Waals surface area contributed by atoms with Crippen molar-refractivity contribution in [3.8, 4) is 0 Å². The van der Waals surface area contributed by atoms with Gasteiger partial charge in [0.1, 0.15) is 0 Å². The highest BCUT2D eigenvalue weighted by Crippen LogP contribution is 2.38. The first-order valence-corrected chi connectivity index (χ1v) is 9.73. The average Bonchev–Trinajstić information content (AvgIpc) is 2.32. The van der Waals surface area contributed by atoms with Crippen LogP contribution in [0.25, 0.3) is 0 Å². The van der Waals surface area contributed by atoms with Crippen LogP contribution in [0.3, 0.4) is 0 Å². The van der Waals surface area contributed by atoms with E-state index in [0.717, 1.165) is 0 Å². The average molecular weight is 370 g/mol. The zero-order valence-electron chi connectivity index (χ0n) is 17.9. The third-order valence-corrected chi connectivity index (χ3v) is 3.80. The summed E-state index contributed by atoms with van der Waals surface area (Å²) in [6.07, 6.45) is 1.14. The van der Waals surface area contributed by atoms with Gasteiger partial charge in [-0.2, -0.15) is 0 Å². The van der Waals surface area contributed by atoms with Crippen LogP contribution in [0.15, 0.2) is 0 Å². The van der Waals surface area contributed by atoms with E-state index < -0.39 is 5.41 Å². The molecule has 0 atom stereocenters. The van der Waals surface area contributed by atoms with E-state index in [4.69, 9.17) is 0 Å². The predicted molar refractivity (Wildman–Crippen MR) is 106 cm³/mol. The standard InChI is InChI=1S/C20H39N3O3/c1-13(2)9-20(10-17(24)21-14(3)4,11-18(25)22-15(5)6)12-19(26)23-16(7)8/h13-16H,9-12H2,1-8H3,(H,21,24)(H,22,25)(H,23,26). The zero-order valence-corrected chi connectivity index (χ0v) is 17.9. The number of rotatable bonds is 11. The van der Waals surface area contributed by atoms with Crippen LogP contribution >= 0.6 is 0 Å². The summed E-state index contributed by atoms with van der Waals surface area (Å²) in [4.78, 5) is 37.5. The minimum atomic E-state index is -0.689. The summed E-state index contributed by atoms with van der Waals surface area (Å²) in [5.74, 6) is -0.0819. The maximum atomic E-state index is 12.5. The van der Waals surface area contributed by atoms with E-state index in [9.17, 15) is 14.4 Å². The van der Waals surface area contributed by atoms with Crippen molar-refractivity contribution in [1.82, 2.24) is 16.0 Å². The number of carbonyl (C=O) groups excluding carboxylic acids is 3. The Balaban J connectivity index is 5.56. The Morgan fingerprint density at radius 1 is 0.615 bits per heavy atom. The smallest absolute Gasteiger partial charge is 0.220 e. The maximum Gasteiger partial charge on any atom is 0.220 e. The summed E-state index contributed by atoms with van der Waals surface area (Å²) in [6, 6.07) is 0.0645. The van der Waals surface area contributed by atoms with Crippen LogP contribution in [-0.2, 0) is 14.4 Å². The quantitative estimate of drug-likeness (QED) is 0.523. The van der Waals surface area contributed by atoms with E-state index in [1.165, 1.54) is 0 Å². The van der Waals surface area contributed by atoms with Crippen LogP contribution in [0, 0.1) is 11.3 Å². The van der Waals surface area contributed by atoms with Crippen molar-refractivity contribution in [2.24, 2.45) is 11.3 Å². The van der Waals surface area contributed by atoms with Crippen LogP contribution in [0.5, 0.6) is 0 Å². The van der Waals surface area contributed by atoms with Crippen molar-refractivity contribution in [2.75, 3.05) is 0 Å². The summed E-state index contributed by atoms with van der Waals surface area (Å²) >= 11 is 0. The Bertz CT molecular complexity index is 411. The van der Waals surface area contributed by atoms with Crippen molar-refractivity contribution in [3.05, 3.63) is 0 Å². The minimum absolute atomic E-state index is 0.0215. The molecule has 0 aliphatic rings. The summed E-state index contributed by atoms with van der Waals surface area (Å²) in [6.45, 7) is 15.5. The lowest BCUT2D eigenvalue weighted by molar-refractivity contribution is -0.131. The normalized spacial score (nSPS) is 12.0. The summed E-state index contributed by atoms with van der Waals surface area (Å²) in [7, 11) is 0. The van der Waals surface area contributed by atoms with Gasteiger partial charge >= 0.3 is 0 Å². The monoisotopic (exact) mass is 369 g/mol. The highest BCUT2D eigenvalue weighted by atomic mass is 16.2. The van der Waals surface area contributed by atoms with Crippen molar-refractivity contribution in [2.45, 2.75) is 99.2 Å². The zero-order chi connectivity index (χ0) is 20.5. The molecule has 0 unspecified atom stereocenters. The SMILES string of the molecule is CC(C)CC(CC(=O)NC(C)C)(CC(=O)NC(C)C)CC(=O)NC(C)C. The largest absolute Gasteiger partial charge is 0.354 e. The van der Waals surface area contributed by atoms with Gasteiger partial charge < -0.3 is 16.0 Å². The fraction of sp³-hybridized carbons (Fsp3) is 0.850. The highest BCUT2D eigenvalue weighted by molar-refractivity contribution is 5.84. The third-order valence-electron chi connectivity index (χ3n) is 3.80. The van der Waals surface area contributed by atoms with E-state index in [-0.39, 0.29) is 61.0 Å². The Morgan fingerprint density at radius 3 is 1.08 bits per heavy atom. The summed E-state index contributed by atoms with van der Waals surface area (Å²) < 4.78 is 0. The molecule has 0 saturated carbocycles. The number of carbonyl (C=O) groups is 3. The van der Waals surface area contributed by atoms with Crippen molar-refractivity contribution in [1.29, 1.82) is 0 Å². The molecular formula is C20H39N3O3. The van der Waals surface area contributed by atoms with Gasteiger partial charge in [-0.1, -0.05) is 13.8 Å². The Kier molecular flexibility index (Phi) is 10.5. The van der Waals surface area contributed by atoms with Crippen molar-refractivity contribution >= 4 is 17.7 Å². The lowest BCUT2D eigenvalue weighted by Crippen LogP contribution is -2.43. The molecule has 6 heteroatoms. The topological polar surface area (TPSA) is 87.3 Å². The maximum absolute atomic E-state index is 12.5. The molecule has 0 heterocycles. The molecule has 152 valence electrons. The van der Waals surface area contributed by atoms with E-state index >= 15 is 0 Å². The molecule has 6 nitrogen and oxygen atoms in total. The fourth-order valence-corrected chi connectivity index (χ4v) is 3.41. The van der Waals surface area contributed by atoms with Gasteiger partial charge in [0.05, 0.1) is 0 Å². The molecule has 3 N–H and O–H groups in total. The fourth-order valence-electron chi connectivity index (χ4n) is 3.41. The number of hydrogen-bond donors (Lipinski definition) is 3. The first-order chi connectivity index (χ1) is 11.8. The van der Waals surface area contributed by atoms with Crippen LogP contribution < -0.4 is 16.0 Å². The summed E-state index contributed by atoms with van der Waals surface area (Å²) in [5.41, 5.74) is -0.689. The second-order valence-electron chi connectivity index (χ2n) is 8.79. The summed E-state index contributed by atoms with van der Waals surface area (Å²) in [5, 5.41) is 8.69. The second-order valence-corrected chi connectivity index (χ2v) is 8.79. The molecule has 0 bridgehead atoms. The molecule has 0 aliphatic carbocycles. The van der Waals surface area contributed by atoms with Crippen molar-refractivity contribution in [3.63, 3.8) is 0 Å². The van der Waals surface area contributed by atoms with E-state index in [2.05, 4.69) is 29.8 Å². The third kappa shape index (κ3) is 11.1. The van der Waals surface area contributed by atoms with Crippen LogP contribution in [0.2, 0.25) is 0 Å². The molecule has 0 aromatic heterocycles. The van der Waals surface area contributed by atoms with E-state index in [1.807, 2.05) is 41.5 Å². The molecule has 0 radical (unpaired) electrons. The first kappa shape index (κ1) is 24.4. The van der Waals surface area contributed by atoms with Crippen LogP contribution in [0.4, 0.5) is 0 Å². The predicted octanol–water partition coefficient (Wildman–Crippen LogP) is 2.76. The van der Waals surface area contributed by atoms with Gasteiger partial charge in [-0.25, -0.2) is 0 Å². The molecule has 0 aromatic carbocycles. The lowest BCUT2D eigenvalue weighted by atomic mass is 9.71. The molecule has 3 amide bonds. The number of amides is 3. The van der Waals surface area contributed by atoms with Gasteiger partial charge in [0, 0.05) is 37.4 Å². The first-order valence-electron chi connectivity index (χ1n) is 9.73. The van der Waals surface area contributed by atoms with Gasteiger partial charge in [0.25, 0.3) is 0 Å². The molecular weight excluding hydrogens is 330 g/mol. The Morgan fingerprint density at radius 2 is 0.885 bits per heavy atom. The molecule has 26 heavy (non-hydrogen) atoms. The van der Waals surface area contributed by atoms with Crippen LogP contribution in [0.1, 0.15) is 81.1 Å².